The van der Waals surface area contributed by atoms with Crippen molar-refractivity contribution in [1.82, 2.24) is 10.2 Å². The zero-order valence-electron chi connectivity index (χ0n) is 13.0. The Kier molecular flexibility index (Phi) is 4.99. The summed E-state index contributed by atoms with van der Waals surface area (Å²) in [4.78, 5) is 25.9. The molecule has 1 saturated heterocycles. The van der Waals surface area contributed by atoms with E-state index in [-0.39, 0.29) is 29.8 Å². The standard InChI is InChI=1S/C17H24N2O2/c1-4-19-12(2)16(13(3)20)15(18-17(19)21)11-10-14-8-6-5-7-9-14/h5-9,12,15-16H,4,10-11H2,1-3H3,(H,18,21)/t12-,15+,16+/m1/s1. The van der Waals surface area contributed by atoms with Crippen molar-refractivity contribution in [3.05, 3.63) is 35.9 Å². The maximum atomic E-state index is 12.1. The molecular weight excluding hydrogens is 264 g/mol. The van der Waals surface area contributed by atoms with Crippen molar-refractivity contribution in [3.63, 3.8) is 0 Å². The lowest BCUT2D eigenvalue weighted by atomic mass is 9.83. The van der Waals surface area contributed by atoms with Crippen molar-refractivity contribution in [2.75, 3.05) is 6.54 Å². The number of amides is 2. The molecule has 2 rings (SSSR count). The van der Waals surface area contributed by atoms with Gasteiger partial charge in [-0.05, 0) is 39.2 Å². The molecule has 1 aromatic rings. The van der Waals surface area contributed by atoms with Crippen molar-refractivity contribution >= 4 is 11.8 Å². The molecule has 21 heavy (non-hydrogen) atoms. The average Bonchev–Trinajstić information content (AvgIpc) is 2.45. The van der Waals surface area contributed by atoms with E-state index in [1.165, 1.54) is 5.56 Å². The number of rotatable bonds is 5. The minimum absolute atomic E-state index is 0.0398. The number of nitrogens with one attached hydrogen (secondary N) is 1. The van der Waals surface area contributed by atoms with Gasteiger partial charge in [-0.2, -0.15) is 0 Å². The fourth-order valence-electron chi connectivity index (χ4n) is 3.32. The molecule has 0 bridgehead atoms. The van der Waals surface area contributed by atoms with Crippen molar-refractivity contribution < 1.29 is 9.59 Å². The molecule has 1 N–H and O–H groups in total. The van der Waals surface area contributed by atoms with Crippen LogP contribution in [0.15, 0.2) is 30.3 Å². The van der Waals surface area contributed by atoms with Crippen LogP contribution in [-0.2, 0) is 11.2 Å². The molecular formula is C17H24N2O2. The van der Waals surface area contributed by atoms with Crippen LogP contribution in [0.1, 0.15) is 32.8 Å². The summed E-state index contributed by atoms with van der Waals surface area (Å²) in [7, 11) is 0. The first-order chi connectivity index (χ1) is 10.0. The van der Waals surface area contributed by atoms with Gasteiger partial charge in [0.2, 0.25) is 0 Å². The molecule has 4 nitrogen and oxygen atoms in total. The van der Waals surface area contributed by atoms with E-state index in [1.807, 2.05) is 32.0 Å². The van der Waals surface area contributed by atoms with Gasteiger partial charge in [-0.25, -0.2) is 4.79 Å². The molecule has 1 aliphatic rings. The predicted molar refractivity (Wildman–Crippen MR) is 83.1 cm³/mol. The molecule has 0 unspecified atom stereocenters. The van der Waals surface area contributed by atoms with Gasteiger partial charge in [-0.3, -0.25) is 4.79 Å². The first-order valence-corrected chi connectivity index (χ1v) is 7.66. The zero-order chi connectivity index (χ0) is 15.4. The highest BCUT2D eigenvalue weighted by Crippen LogP contribution is 2.24. The largest absolute Gasteiger partial charge is 0.334 e. The summed E-state index contributed by atoms with van der Waals surface area (Å²) in [6.07, 6.45) is 1.66. The van der Waals surface area contributed by atoms with Crippen molar-refractivity contribution in [1.29, 1.82) is 0 Å². The number of hydrogen-bond acceptors (Lipinski definition) is 2. The SMILES string of the molecule is CCN1C(=O)N[C@@H](CCc2ccccc2)[C@H](C(C)=O)[C@H]1C. The Morgan fingerprint density at radius 1 is 1.29 bits per heavy atom. The summed E-state index contributed by atoms with van der Waals surface area (Å²) in [6.45, 7) is 6.17. The summed E-state index contributed by atoms with van der Waals surface area (Å²) in [5.74, 6) is 0.0189. The molecule has 0 radical (unpaired) electrons. The monoisotopic (exact) mass is 288 g/mol. The Balaban J connectivity index is 2.09. The van der Waals surface area contributed by atoms with E-state index in [9.17, 15) is 9.59 Å². The van der Waals surface area contributed by atoms with Gasteiger partial charge in [0.25, 0.3) is 0 Å². The van der Waals surface area contributed by atoms with Crippen LogP contribution in [0, 0.1) is 5.92 Å². The molecule has 1 aromatic carbocycles. The summed E-state index contributed by atoms with van der Waals surface area (Å²) in [5.41, 5.74) is 1.24. The zero-order valence-corrected chi connectivity index (χ0v) is 13.0. The Bertz CT molecular complexity index is 501. The molecule has 114 valence electrons. The second-order valence-electron chi connectivity index (χ2n) is 5.74. The van der Waals surface area contributed by atoms with Gasteiger partial charge >= 0.3 is 6.03 Å². The molecule has 1 aliphatic heterocycles. The number of Topliss-reactive ketones (excluding diaryl/α,β-unsaturated/α-hetero) is 1. The Morgan fingerprint density at radius 3 is 2.52 bits per heavy atom. The molecule has 0 aliphatic carbocycles. The van der Waals surface area contributed by atoms with E-state index in [4.69, 9.17) is 0 Å². The van der Waals surface area contributed by atoms with Crippen molar-refractivity contribution in [3.8, 4) is 0 Å². The number of carbonyl (C=O) groups is 2. The Hall–Kier alpha value is -1.84. The number of hydrogen-bond donors (Lipinski definition) is 1. The normalized spacial score (nSPS) is 25.6. The third-order valence-electron chi connectivity index (χ3n) is 4.41. The maximum Gasteiger partial charge on any atom is 0.317 e. The lowest BCUT2D eigenvalue weighted by Gasteiger charge is -2.43. The van der Waals surface area contributed by atoms with Crippen LogP contribution in [0.2, 0.25) is 0 Å². The van der Waals surface area contributed by atoms with E-state index in [0.29, 0.717) is 6.54 Å². The quantitative estimate of drug-likeness (QED) is 0.905. The molecule has 0 saturated carbocycles. The van der Waals surface area contributed by atoms with Crippen molar-refractivity contribution in [2.24, 2.45) is 5.92 Å². The average molecular weight is 288 g/mol. The van der Waals surface area contributed by atoms with Crippen LogP contribution >= 0.6 is 0 Å². The van der Waals surface area contributed by atoms with Crippen LogP contribution in [0.4, 0.5) is 4.79 Å². The molecule has 1 heterocycles. The van der Waals surface area contributed by atoms with E-state index >= 15 is 0 Å². The highest BCUT2D eigenvalue weighted by molar-refractivity contribution is 5.84. The number of carbonyl (C=O) groups excluding carboxylic acids is 2. The minimum Gasteiger partial charge on any atom is -0.334 e. The number of urea groups is 1. The fourth-order valence-corrected chi connectivity index (χ4v) is 3.32. The van der Waals surface area contributed by atoms with Crippen LogP contribution in [0.25, 0.3) is 0 Å². The van der Waals surface area contributed by atoms with E-state index < -0.39 is 0 Å². The van der Waals surface area contributed by atoms with Gasteiger partial charge in [-0.1, -0.05) is 30.3 Å². The maximum absolute atomic E-state index is 12.1. The summed E-state index contributed by atoms with van der Waals surface area (Å²) in [6, 6.07) is 10.0. The van der Waals surface area contributed by atoms with Crippen LogP contribution in [0.5, 0.6) is 0 Å². The van der Waals surface area contributed by atoms with Crippen LogP contribution < -0.4 is 5.32 Å². The number of nitrogens with zero attached hydrogens (tertiary/aromatic N) is 1. The summed E-state index contributed by atoms with van der Waals surface area (Å²) in [5, 5.41) is 3.02. The molecule has 3 atom stereocenters. The van der Waals surface area contributed by atoms with E-state index in [2.05, 4.69) is 17.4 Å². The minimum atomic E-state index is -0.133. The van der Waals surface area contributed by atoms with Crippen LogP contribution in [-0.4, -0.2) is 35.3 Å². The number of ketones is 1. The molecule has 0 aromatic heterocycles. The second-order valence-corrected chi connectivity index (χ2v) is 5.74. The van der Waals surface area contributed by atoms with Crippen molar-refractivity contribution in [2.45, 2.75) is 45.7 Å². The molecule has 4 heteroatoms. The highest BCUT2D eigenvalue weighted by atomic mass is 16.2. The van der Waals surface area contributed by atoms with Gasteiger partial charge in [0.1, 0.15) is 5.78 Å². The van der Waals surface area contributed by atoms with Gasteiger partial charge < -0.3 is 10.2 Å². The topological polar surface area (TPSA) is 49.4 Å². The predicted octanol–water partition coefficient (Wildman–Crippen LogP) is 2.63. The Morgan fingerprint density at radius 2 is 1.95 bits per heavy atom. The summed E-state index contributed by atoms with van der Waals surface area (Å²) >= 11 is 0. The molecule has 2 amide bonds. The fraction of sp³-hybridized carbons (Fsp3) is 0.529. The van der Waals surface area contributed by atoms with Gasteiger partial charge in [0.15, 0.2) is 0 Å². The Labute approximate surface area is 126 Å². The molecule has 1 fully saturated rings. The summed E-state index contributed by atoms with van der Waals surface area (Å²) < 4.78 is 0. The number of aryl methyl sites for hydroxylation is 1. The van der Waals surface area contributed by atoms with E-state index in [0.717, 1.165) is 12.8 Å². The second kappa shape index (κ2) is 6.74. The smallest absolute Gasteiger partial charge is 0.317 e. The number of benzene rings is 1. The molecule has 0 spiro atoms. The first-order valence-electron chi connectivity index (χ1n) is 7.66. The van der Waals surface area contributed by atoms with Gasteiger partial charge in [-0.15, -0.1) is 0 Å². The third-order valence-corrected chi connectivity index (χ3v) is 4.41. The lowest BCUT2D eigenvalue weighted by molar-refractivity contribution is -0.124. The third kappa shape index (κ3) is 3.43. The first kappa shape index (κ1) is 15.5. The van der Waals surface area contributed by atoms with Gasteiger partial charge in [0.05, 0.1) is 5.92 Å². The highest BCUT2D eigenvalue weighted by Gasteiger charge is 2.40. The van der Waals surface area contributed by atoms with E-state index in [1.54, 1.807) is 11.8 Å². The lowest BCUT2D eigenvalue weighted by Crippen LogP contribution is -2.62. The van der Waals surface area contributed by atoms with Crippen LogP contribution in [0.3, 0.4) is 0 Å². The van der Waals surface area contributed by atoms with Gasteiger partial charge in [0, 0.05) is 18.6 Å².